The molecular weight excluding hydrogens is 358 g/mol. The van der Waals surface area contributed by atoms with Crippen molar-refractivity contribution in [3.8, 4) is 0 Å². The molecule has 0 spiro atoms. The maximum absolute atomic E-state index is 12.6. The maximum Gasteiger partial charge on any atom is 0.251 e. The highest BCUT2D eigenvalue weighted by Crippen LogP contribution is 2.26. The van der Waals surface area contributed by atoms with E-state index in [9.17, 15) is 9.59 Å². The van der Waals surface area contributed by atoms with Crippen LogP contribution in [0.4, 0.5) is 5.13 Å². The molecule has 6 heteroatoms. The molecule has 0 aliphatic rings. The number of pyridine rings is 1. The fourth-order valence-electron chi connectivity index (χ4n) is 3.45. The second kappa shape index (κ2) is 6.63. The van der Waals surface area contributed by atoms with Crippen LogP contribution in [-0.4, -0.2) is 15.5 Å². The molecule has 0 radical (unpaired) electrons. The van der Waals surface area contributed by atoms with E-state index in [0.29, 0.717) is 5.13 Å². The van der Waals surface area contributed by atoms with E-state index in [1.54, 1.807) is 10.6 Å². The number of thiazole rings is 1. The molecule has 2 aromatic carbocycles. The largest absolute Gasteiger partial charge is 0.300 e. The molecule has 5 nitrogen and oxygen atoms in total. The predicted molar refractivity (Wildman–Crippen MR) is 111 cm³/mol. The van der Waals surface area contributed by atoms with Gasteiger partial charge in [-0.2, -0.15) is 0 Å². The first kappa shape index (κ1) is 17.4. The van der Waals surface area contributed by atoms with Crippen molar-refractivity contribution in [3.05, 3.63) is 69.5 Å². The van der Waals surface area contributed by atoms with Crippen molar-refractivity contribution >= 4 is 43.5 Å². The number of benzene rings is 2. The molecule has 2 heterocycles. The Morgan fingerprint density at radius 3 is 2.67 bits per heavy atom. The van der Waals surface area contributed by atoms with Crippen molar-refractivity contribution in [1.29, 1.82) is 0 Å². The van der Waals surface area contributed by atoms with Crippen LogP contribution >= 0.6 is 11.3 Å². The van der Waals surface area contributed by atoms with E-state index in [0.717, 1.165) is 37.8 Å². The van der Waals surface area contributed by atoms with Gasteiger partial charge in [-0.15, -0.1) is 0 Å². The van der Waals surface area contributed by atoms with Crippen LogP contribution < -0.4 is 10.9 Å². The summed E-state index contributed by atoms with van der Waals surface area (Å²) in [5, 5.41) is 4.37. The van der Waals surface area contributed by atoms with E-state index in [4.69, 9.17) is 0 Å². The normalized spacial score (nSPS) is 11.2. The van der Waals surface area contributed by atoms with Crippen LogP contribution in [0, 0.1) is 20.8 Å². The topological polar surface area (TPSA) is 64.0 Å². The summed E-state index contributed by atoms with van der Waals surface area (Å²) in [5.74, 6) is -0.263. The second-order valence-electron chi connectivity index (χ2n) is 6.76. The van der Waals surface area contributed by atoms with Gasteiger partial charge in [-0.25, -0.2) is 4.98 Å². The summed E-state index contributed by atoms with van der Waals surface area (Å²) in [7, 11) is 0. The molecule has 0 fully saturated rings. The Bertz CT molecular complexity index is 1220. The SMILES string of the molecule is Cc1cc(C)c2c(c1)c(C)cc(=O)n2CC(=O)Nc1nc2ccccc2s1. The minimum Gasteiger partial charge on any atom is -0.300 e. The smallest absolute Gasteiger partial charge is 0.251 e. The number of rotatable bonds is 3. The molecular formula is C21H19N3O2S. The highest BCUT2D eigenvalue weighted by molar-refractivity contribution is 7.22. The van der Waals surface area contributed by atoms with Gasteiger partial charge in [-0.3, -0.25) is 14.2 Å². The Labute approximate surface area is 160 Å². The van der Waals surface area contributed by atoms with Gasteiger partial charge in [0.1, 0.15) is 6.54 Å². The first-order valence-electron chi connectivity index (χ1n) is 8.69. The summed E-state index contributed by atoms with van der Waals surface area (Å²) in [6.07, 6.45) is 0. The zero-order chi connectivity index (χ0) is 19.1. The first-order valence-corrected chi connectivity index (χ1v) is 9.51. The summed E-state index contributed by atoms with van der Waals surface area (Å²) in [4.78, 5) is 29.6. The Morgan fingerprint density at radius 2 is 1.89 bits per heavy atom. The number of amides is 1. The van der Waals surface area contributed by atoms with Crippen molar-refractivity contribution in [2.24, 2.45) is 0 Å². The van der Waals surface area contributed by atoms with Gasteiger partial charge in [0.05, 0.1) is 15.7 Å². The van der Waals surface area contributed by atoms with Gasteiger partial charge in [-0.1, -0.05) is 35.1 Å². The molecule has 4 rings (SSSR count). The molecule has 2 aromatic heterocycles. The fraction of sp³-hybridized carbons (Fsp3) is 0.190. The summed E-state index contributed by atoms with van der Waals surface area (Å²) in [6, 6.07) is 13.4. The van der Waals surface area contributed by atoms with E-state index in [-0.39, 0.29) is 18.0 Å². The van der Waals surface area contributed by atoms with Gasteiger partial charge in [0.2, 0.25) is 5.91 Å². The molecule has 0 unspecified atom stereocenters. The van der Waals surface area contributed by atoms with Crippen LogP contribution in [0.15, 0.2) is 47.3 Å². The molecule has 27 heavy (non-hydrogen) atoms. The third kappa shape index (κ3) is 3.24. The lowest BCUT2D eigenvalue weighted by molar-refractivity contribution is -0.116. The number of nitrogens with zero attached hydrogens (tertiary/aromatic N) is 2. The number of fused-ring (bicyclic) bond motifs is 2. The van der Waals surface area contributed by atoms with Gasteiger partial charge in [0.15, 0.2) is 5.13 Å². The van der Waals surface area contributed by atoms with E-state index < -0.39 is 0 Å². The number of para-hydroxylation sites is 1. The lowest BCUT2D eigenvalue weighted by Crippen LogP contribution is -2.28. The maximum atomic E-state index is 12.6. The first-order chi connectivity index (χ1) is 12.9. The lowest BCUT2D eigenvalue weighted by atomic mass is 10.0. The molecule has 1 N–H and O–H groups in total. The van der Waals surface area contributed by atoms with Crippen molar-refractivity contribution in [2.45, 2.75) is 27.3 Å². The highest BCUT2D eigenvalue weighted by atomic mass is 32.1. The average Bonchev–Trinajstić information content (AvgIpc) is 3.00. The van der Waals surface area contributed by atoms with Gasteiger partial charge in [0, 0.05) is 11.5 Å². The van der Waals surface area contributed by atoms with Crippen molar-refractivity contribution < 1.29 is 4.79 Å². The molecule has 0 aliphatic heterocycles. The minimum atomic E-state index is -0.263. The number of hydrogen-bond donors (Lipinski definition) is 1. The molecule has 0 saturated heterocycles. The minimum absolute atomic E-state index is 0.0462. The molecule has 0 aliphatic carbocycles. The molecule has 0 atom stereocenters. The van der Waals surface area contributed by atoms with Crippen molar-refractivity contribution in [3.63, 3.8) is 0 Å². The van der Waals surface area contributed by atoms with Crippen LogP contribution in [0.25, 0.3) is 21.1 Å². The van der Waals surface area contributed by atoms with Crippen LogP contribution in [0.1, 0.15) is 16.7 Å². The van der Waals surface area contributed by atoms with Gasteiger partial charge in [0.25, 0.3) is 5.56 Å². The summed E-state index contributed by atoms with van der Waals surface area (Å²) >= 11 is 1.42. The Kier molecular flexibility index (Phi) is 4.28. The fourth-order valence-corrected chi connectivity index (χ4v) is 4.34. The summed E-state index contributed by atoms with van der Waals surface area (Å²) in [6.45, 7) is 5.88. The number of nitrogens with one attached hydrogen (secondary N) is 1. The standard InChI is InChI=1S/C21H19N3O2S/c1-12-8-14(3)20-15(9-12)13(2)10-19(26)24(20)11-18(25)23-21-22-16-6-4-5-7-17(16)27-21/h4-10H,11H2,1-3H3,(H,22,23,25). The summed E-state index contributed by atoms with van der Waals surface area (Å²) < 4.78 is 2.55. The Morgan fingerprint density at radius 1 is 1.11 bits per heavy atom. The van der Waals surface area contributed by atoms with Crippen molar-refractivity contribution in [1.82, 2.24) is 9.55 Å². The molecule has 0 saturated carbocycles. The Balaban J connectivity index is 1.70. The van der Waals surface area contributed by atoms with E-state index in [2.05, 4.69) is 16.4 Å². The summed E-state index contributed by atoms with van der Waals surface area (Å²) in [5.41, 5.74) is 4.52. The van der Waals surface area contributed by atoms with E-state index >= 15 is 0 Å². The van der Waals surface area contributed by atoms with Crippen molar-refractivity contribution in [2.75, 3.05) is 5.32 Å². The monoisotopic (exact) mass is 377 g/mol. The number of hydrogen-bond acceptors (Lipinski definition) is 4. The van der Waals surface area contributed by atoms with E-state index in [1.165, 1.54) is 11.3 Å². The molecule has 136 valence electrons. The van der Waals surface area contributed by atoms with Crippen LogP contribution in [0.3, 0.4) is 0 Å². The molecule has 1 amide bonds. The number of carbonyl (C=O) groups excluding carboxylic acids is 1. The number of anilines is 1. The Hall–Kier alpha value is -2.99. The third-order valence-corrected chi connectivity index (χ3v) is 5.54. The van der Waals surface area contributed by atoms with Crippen LogP contribution in [-0.2, 0) is 11.3 Å². The molecule has 4 aromatic rings. The number of aryl methyl sites for hydroxylation is 3. The molecule has 0 bridgehead atoms. The number of carbonyl (C=O) groups is 1. The average molecular weight is 377 g/mol. The second-order valence-corrected chi connectivity index (χ2v) is 7.80. The zero-order valence-electron chi connectivity index (χ0n) is 15.4. The quantitative estimate of drug-likeness (QED) is 0.583. The predicted octanol–water partition coefficient (Wildman–Crippen LogP) is 4.18. The highest BCUT2D eigenvalue weighted by Gasteiger charge is 2.14. The van der Waals surface area contributed by atoms with E-state index in [1.807, 2.05) is 51.1 Å². The van der Waals surface area contributed by atoms with Gasteiger partial charge >= 0.3 is 0 Å². The number of aromatic nitrogens is 2. The lowest BCUT2D eigenvalue weighted by Gasteiger charge is -2.14. The third-order valence-electron chi connectivity index (χ3n) is 4.59. The van der Waals surface area contributed by atoms with Gasteiger partial charge < -0.3 is 5.32 Å². The van der Waals surface area contributed by atoms with Crippen LogP contribution in [0.5, 0.6) is 0 Å². The van der Waals surface area contributed by atoms with Crippen LogP contribution in [0.2, 0.25) is 0 Å². The van der Waals surface area contributed by atoms with Gasteiger partial charge in [-0.05, 0) is 50.1 Å². The zero-order valence-corrected chi connectivity index (χ0v) is 16.2.